The number of hydrogen-bond donors (Lipinski definition) is 0. The third-order valence-electron chi connectivity index (χ3n) is 5.66. The second-order valence-electron chi connectivity index (χ2n) is 6.96. The highest BCUT2D eigenvalue weighted by Gasteiger charge is 2.61. The first-order valence-corrected chi connectivity index (χ1v) is 11.8. The summed E-state index contributed by atoms with van der Waals surface area (Å²) in [6, 6.07) is 11.3. The maximum Gasteiger partial charge on any atom is 0.0994 e. The summed E-state index contributed by atoms with van der Waals surface area (Å²) >= 11 is 2.28. The Labute approximate surface area is 133 Å². The van der Waals surface area contributed by atoms with Crippen LogP contribution in [0.25, 0.3) is 0 Å². The van der Waals surface area contributed by atoms with Crippen LogP contribution in [0.15, 0.2) is 66.8 Å². The minimum atomic E-state index is -1.61. The molecule has 0 unspecified atom stereocenters. The number of rotatable bonds is 3. The van der Waals surface area contributed by atoms with Gasteiger partial charge in [-0.3, -0.25) is 0 Å². The molecular weight excluding hydrogens is 288 g/mol. The van der Waals surface area contributed by atoms with Gasteiger partial charge in [0.15, 0.2) is 0 Å². The van der Waals surface area contributed by atoms with Gasteiger partial charge < -0.3 is 0 Å². The Hall–Kier alpha value is -0.993. The van der Waals surface area contributed by atoms with Crippen molar-refractivity contribution in [3.05, 3.63) is 66.8 Å². The van der Waals surface area contributed by atoms with Crippen LogP contribution in [0, 0.1) is 11.8 Å². The summed E-state index contributed by atoms with van der Waals surface area (Å²) in [5.74, 6) is 1.34. The minimum absolute atomic E-state index is 0.386. The van der Waals surface area contributed by atoms with Crippen molar-refractivity contribution in [2.24, 2.45) is 11.8 Å². The Morgan fingerprint density at radius 1 is 1.00 bits per heavy atom. The molecule has 2 aliphatic carbocycles. The van der Waals surface area contributed by atoms with E-state index < -0.39 is 8.07 Å². The topological polar surface area (TPSA) is 0 Å². The Morgan fingerprint density at radius 3 is 2.29 bits per heavy atom. The summed E-state index contributed by atoms with van der Waals surface area (Å²) in [6.07, 6.45) is 15.7. The molecule has 0 nitrogen and oxygen atoms in total. The average molecular weight is 311 g/mol. The predicted octanol–water partition coefficient (Wildman–Crippen LogP) is 4.31. The highest BCUT2D eigenvalue weighted by molar-refractivity contribution is 8.03. The van der Waals surface area contributed by atoms with Crippen LogP contribution in [0.3, 0.4) is 0 Å². The van der Waals surface area contributed by atoms with E-state index >= 15 is 0 Å². The lowest BCUT2D eigenvalue weighted by molar-refractivity contribution is 0.517. The van der Waals surface area contributed by atoms with Gasteiger partial charge in [0, 0.05) is 15.5 Å². The number of benzene rings is 1. The van der Waals surface area contributed by atoms with E-state index in [4.69, 9.17) is 0 Å². The third kappa shape index (κ3) is 1.82. The monoisotopic (exact) mass is 310 g/mol. The molecule has 0 aromatic heterocycles. The first-order chi connectivity index (χ1) is 10.1. The van der Waals surface area contributed by atoms with Crippen molar-refractivity contribution >= 4 is 25.0 Å². The molecule has 0 saturated carbocycles. The molecule has 108 valence electrons. The van der Waals surface area contributed by atoms with E-state index in [0.29, 0.717) is 10.3 Å². The number of allylic oxidation sites excluding steroid dienone is 5. The van der Waals surface area contributed by atoms with Crippen LogP contribution in [-0.4, -0.2) is 17.7 Å². The molecule has 1 aromatic rings. The molecule has 1 saturated heterocycles. The maximum atomic E-state index is 2.59. The fourth-order valence-electron chi connectivity index (χ4n) is 4.56. The van der Waals surface area contributed by atoms with Gasteiger partial charge in [0.05, 0.1) is 8.07 Å². The van der Waals surface area contributed by atoms with E-state index in [1.165, 1.54) is 6.42 Å². The Balaban J connectivity index is 1.86. The molecule has 2 bridgehead atoms. The molecule has 1 fully saturated rings. The molecule has 0 radical (unpaired) electrons. The largest absolute Gasteiger partial charge is 0.149 e. The standard InChI is InChI=1S/C19H22SSi/c1-21(2,18-10-4-3-5-11-18)19(15-8-6-7-9-15)16-12-13-17(14-16)20-19/h3-13,15-17H,14H2,1-2H3/t16-,17+,19-/m1/s1. The molecule has 0 amide bonds. The van der Waals surface area contributed by atoms with Crippen molar-refractivity contribution < 1.29 is 0 Å². The predicted molar refractivity (Wildman–Crippen MR) is 96.7 cm³/mol. The summed E-state index contributed by atoms with van der Waals surface area (Å²) in [7, 11) is -1.61. The molecule has 0 spiro atoms. The molecule has 4 rings (SSSR count). The molecule has 21 heavy (non-hydrogen) atoms. The van der Waals surface area contributed by atoms with E-state index in [1.54, 1.807) is 5.19 Å². The van der Waals surface area contributed by atoms with Crippen LogP contribution < -0.4 is 5.19 Å². The zero-order chi connectivity index (χ0) is 14.5. The van der Waals surface area contributed by atoms with Gasteiger partial charge in [-0.15, -0.1) is 11.8 Å². The summed E-state index contributed by atoms with van der Waals surface area (Å²) in [5, 5.41) is 2.35. The molecule has 1 aliphatic heterocycles. The van der Waals surface area contributed by atoms with Gasteiger partial charge >= 0.3 is 0 Å². The van der Waals surface area contributed by atoms with Gasteiger partial charge in [-0.05, 0) is 12.3 Å². The average Bonchev–Trinajstić information content (AvgIpc) is 3.24. The zero-order valence-corrected chi connectivity index (χ0v) is 14.5. The van der Waals surface area contributed by atoms with Crippen molar-refractivity contribution in [3.8, 4) is 0 Å². The highest BCUT2D eigenvalue weighted by Crippen LogP contribution is 2.61. The van der Waals surface area contributed by atoms with E-state index in [0.717, 1.165) is 11.2 Å². The molecule has 2 heteroatoms. The van der Waals surface area contributed by atoms with Crippen LogP contribution in [0.5, 0.6) is 0 Å². The Bertz CT molecular complexity index is 616. The van der Waals surface area contributed by atoms with Crippen LogP contribution >= 0.6 is 11.8 Å². The second-order valence-corrected chi connectivity index (χ2v) is 13.5. The summed E-state index contributed by atoms with van der Waals surface area (Å²) in [4.78, 5) is 0. The van der Waals surface area contributed by atoms with Crippen LogP contribution in [-0.2, 0) is 0 Å². The van der Waals surface area contributed by atoms with Gasteiger partial charge in [0.1, 0.15) is 0 Å². The fourth-order valence-corrected chi connectivity index (χ4v) is 11.8. The van der Waals surface area contributed by atoms with Gasteiger partial charge in [0.2, 0.25) is 0 Å². The first-order valence-electron chi connectivity index (χ1n) is 7.91. The molecule has 3 atom stereocenters. The normalized spacial score (nSPS) is 34.2. The molecular formula is C19H22SSi. The summed E-state index contributed by atoms with van der Waals surface area (Å²) < 4.78 is 0.386. The van der Waals surface area contributed by atoms with Gasteiger partial charge in [-0.1, -0.05) is 85.1 Å². The van der Waals surface area contributed by atoms with Crippen molar-refractivity contribution in [2.45, 2.75) is 29.1 Å². The lowest BCUT2D eigenvalue weighted by Gasteiger charge is -2.50. The van der Waals surface area contributed by atoms with Crippen molar-refractivity contribution in [1.29, 1.82) is 0 Å². The van der Waals surface area contributed by atoms with Gasteiger partial charge in [-0.2, -0.15) is 0 Å². The second kappa shape index (κ2) is 4.75. The van der Waals surface area contributed by atoms with E-state index in [2.05, 4.69) is 91.6 Å². The molecule has 3 aliphatic rings. The Morgan fingerprint density at radius 2 is 1.71 bits per heavy atom. The van der Waals surface area contributed by atoms with Gasteiger partial charge in [0.25, 0.3) is 0 Å². The number of fused-ring (bicyclic) bond motifs is 2. The van der Waals surface area contributed by atoms with E-state index in [-0.39, 0.29) is 0 Å². The van der Waals surface area contributed by atoms with Crippen LogP contribution in [0.1, 0.15) is 6.42 Å². The fraction of sp³-hybridized carbons (Fsp3) is 0.368. The van der Waals surface area contributed by atoms with Crippen LogP contribution in [0.2, 0.25) is 13.1 Å². The lowest BCUT2D eigenvalue weighted by Crippen LogP contribution is -2.65. The SMILES string of the molecule is C[Si](C)(c1ccccc1)[C@@]1(C2C=CC=C2)S[C@H]2C=C[C@@H]1C2. The first kappa shape index (κ1) is 13.7. The number of thioether (sulfide) groups is 1. The number of hydrogen-bond acceptors (Lipinski definition) is 1. The van der Waals surface area contributed by atoms with E-state index in [1.807, 2.05) is 0 Å². The van der Waals surface area contributed by atoms with Crippen molar-refractivity contribution in [1.82, 2.24) is 0 Å². The smallest absolute Gasteiger partial charge is 0.0994 e. The highest BCUT2D eigenvalue weighted by atomic mass is 32.2. The molecule has 0 N–H and O–H groups in total. The van der Waals surface area contributed by atoms with E-state index in [9.17, 15) is 0 Å². The zero-order valence-electron chi connectivity index (χ0n) is 12.7. The van der Waals surface area contributed by atoms with Crippen LogP contribution in [0.4, 0.5) is 0 Å². The minimum Gasteiger partial charge on any atom is -0.149 e. The molecule has 1 aromatic carbocycles. The summed E-state index contributed by atoms with van der Waals surface area (Å²) in [6.45, 7) is 5.17. The molecule has 1 heterocycles. The van der Waals surface area contributed by atoms with Crippen molar-refractivity contribution in [3.63, 3.8) is 0 Å². The lowest BCUT2D eigenvalue weighted by atomic mass is 9.93. The third-order valence-corrected chi connectivity index (χ3v) is 13.6. The van der Waals surface area contributed by atoms with Gasteiger partial charge in [-0.25, -0.2) is 0 Å². The maximum absolute atomic E-state index is 2.59. The Kier molecular flexibility index (Phi) is 3.09. The quantitative estimate of drug-likeness (QED) is 0.592. The van der Waals surface area contributed by atoms with Crippen molar-refractivity contribution in [2.75, 3.05) is 0 Å². The summed E-state index contributed by atoms with van der Waals surface area (Å²) in [5.41, 5.74) is 0.